The molecule has 76 heavy (non-hydrogen) atoms. The van der Waals surface area contributed by atoms with Gasteiger partial charge in [-0.3, -0.25) is 0 Å². The van der Waals surface area contributed by atoms with E-state index < -0.39 is 0 Å². The first-order valence-corrected chi connectivity index (χ1v) is 36.9. The Morgan fingerprint density at radius 3 is 0.368 bits per heavy atom. The Balaban J connectivity index is 1.74. The van der Waals surface area contributed by atoms with E-state index in [4.69, 9.17) is 0 Å². The van der Waals surface area contributed by atoms with Crippen LogP contribution in [0.5, 0.6) is 0 Å². The van der Waals surface area contributed by atoms with E-state index in [-0.39, 0.29) is 0 Å². The molecule has 0 fully saturated rings. The lowest BCUT2D eigenvalue weighted by atomic mass is 9.96. The van der Waals surface area contributed by atoms with E-state index in [0.29, 0.717) is 0 Å². The van der Waals surface area contributed by atoms with Crippen molar-refractivity contribution in [1.82, 2.24) is 0 Å². The van der Waals surface area contributed by atoms with Crippen LogP contribution in [0, 0.1) is 0 Å². The molecule has 0 aliphatic heterocycles. The summed E-state index contributed by atoms with van der Waals surface area (Å²) in [5, 5.41) is 0. The molecule has 1 aromatic carbocycles. The minimum atomic E-state index is 1.30. The van der Waals surface area contributed by atoms with Crippen molar-refractivity contribution in [2.45, 2.75) is 450 Å². The third kappa shape index (κ3) is 59.3. The Morgan fingerprint density at radius 1 is 0.145 bits per heavy atom. The van der Waals surface area contributed by atoms with Gasteiger partial charge in [-0.2, -0.15) is 0 Å². The summed E-state index contributed by atoms with van der Waals surface area (Å²) in [6.07, 6.45) is 100.0. The maximum absolute atomic E-state index is 2.43. The van der Waals surface area contributed by atoms with E-state index in [9.17, 15) is 0 Å². The van der Waals surface area contributed by atoms with Crippen molar-refractivity contribution in [3.05, 3.63) is 35.4 Å². The molecule has 1 aromatic rings. The summed E-state index contributed by atoms with van der Waals surface area (Å²) in [5.41, 5.74) is 3.30. The number of rotatable bonds is 68. The largest absolute Gasteiger partial charge is 0.0654 e. The normalized spacial score (nSPS) is 11.7. The monoisotopic (exact) mass is 1060 g/mol. The van der Waals surface area contributed by atoms with Gasteiger partial charge in [-0.15, -0.1) is 0 Å². The lowest BCUT2D eigenvalue weighted by Gasteiger charge is -2.10. The topological polar surface area (TPSA) is 0 Å². The van der Waals surface area contributed by atoms with Crippen LogP contribution in [0.4, 0.5) is 0 Å². The Hall–Kier alpha value is -0.780. The summed E-state index contributed by atoms with van der Waals surface area (Å²) in [6.45, 7) is 4.63. The first-order chi connectivity index (χ1) is 37.9. The van der Waals surface area contributed by atoms with Crippen LogP contribution in [0.3, 0.4) is 0 Å². The van der Waals surface area contributed by atoms with Gasteiger partial charge in [-0.25, -0.2) is 0 Å². The average Bonchev–Trinajstić information content (AvgIpc) is 3.43. The maximum Gasteiger partial charge on any atom is -0.0276 e. The van der Waals surface area contributed by atoms with Gasteiger partial charge in [0.25, 0.3) is 0 Å². The van der Waals surface area contributed by atoms with Crippen LogP contribution in [-0.4, -0.2) is 0 Å². The molecule has 0 heterocycles. The molecule has 0 unspecified atom stereocenters. The fourth-order valence-corrected chi connectivity index (χ4v) is 12.8. The van der Waals surface area contributed by atoms with Crippen molar-refractivity contribution in [3.63, 3.8) is 0 Å². The third-order valence-electron chi connectivity index (χ3n) is 18.2. The summed E-state index contributed by atoms with van der Waals surface area (Å²) < 4.78 is 0. The third-order valence-corrected chi connectivity index (χ3v) is 18.2. The second-order valence-corrected chi connectivity index (χ2v) is 25.9. The van der Waals surface area contributed by atoms with Crippen molar-refractivity contribution in [1.29, 1.82) is 0 Å². The highest BCUT2D eigenvalue weighted by molar-refractivity contribution is 5.27. The van der Waals surface area contributed by atoms with Gasteiger partial charge in [-0.1, -0.05) is 449 Å². The molecule has 0 bridgehead atoms. The van der Waals surface area contributed by atoms with E-state index in [1.165, 1.54) is 437 Å². The first-order valence-electron chi connectivity index (χ1n) is 36.9. The SMILES string of the molecule is CCCCCCCCCCCCCCCCCCCCCCCCCCCCCCCCCCCc1ccccc1CCCCCCCCCCCCCCCCCCCCCCCCCCCCCCCCCCC. The van der Waals surface area contributed by atoms with Crippen LogP contribution in [0.25, 0.3) is 0 Å². The quantitative estimate of drug-likeness (QED) is 0.0571. The molecule has 0 saturated heterocycles. The van der Waals surface area contributed by atoms with Crippen molar-refractivity contribution in [3.8, 4) is 0 Å². The highest BCUT2D eigenvalue weighted by Gasteiger charge is 2.04. The number of benzene rings is 1. The molecule has 0 saturated carbocycles. The molecule has 0 amide bonds. The van der Waals surface area contributed by atoms with Crippen molar-refractivity contribution < 1.29 is 0 Å². The molecule has 0 spiro atoms. The minimum Gasteiger partial charge on any atom is -0.0654 e. The molecule has 0 nitrogen and oxygen atoms in total. The van der Waals surface area contributed by atoms with E-state index in [2.05, 4.69) is 38.1 Å². The molecule has 0 atom stereocenters. The second-order valence-electron chi connectivity index (χ2n) is 25.9. The Labute approximate surface area is 483 Å². The minimum absolute atomic E-state index is 1.30. The van der Waals surface area contributed by atoms with Crippen LogP contribution in [0.2, 0.25) is 0 Å². The van der Waals surface area contributed by atoms with Gasteiger partial charge in [0, 0.05) is 0 Å². The lowest BCUT2D eigenvalue weighted by Crippen LogP contribution is -1.95. The first kappa shape index (κ1) is 73.2. The van der Waals surface area contributed by atoms with Crippen molar-refractivity contribution >= 4 is 0 Å². The molecule has 0 aliphatic rings. The number of unbranched alkanes of at least 4 members (excludes halogenated alkanes) is 64. The standard InChI is InChI=1S/C76H146/c1-3-5-7-9-11-13-15-17-19-21-23-25-27-29-31-33-35-37-39-41-43-45-47-49-51-53-55-57-59-61-63-65-67-71-75-73-69-70-74-76(75)72-68-66-64-62-60-58-56-54-52-50-48-46-44-42-40-38-36-34-32-30-28-26-24-22-20-18-16-14-12-10-8-6-4-2/h69-70,73-74H,3-68,71-72H2,1-2H3. The van der Waals surface area contributed by atoms with Crippen LogP contribution >= 0.6 is 0 Å². The predicted molar refractivity (Wildman–Crippen MR) is 350 cm³/mol. The van der Waals surface area contributed by atoms with Crippen LogP contribution in [0.15, 0.2) is 24.3 Å². The van der Waals surface area contributed by atoms with E-state index in [0.717, 1.165) is 0 Å². The summed E-state index contributed by atoms with van der Waals surface area (Å²) >= 11 is 0. The Bertz CT molecular complexity index is 1060. The van der Waals surface area contributed by atoms with Crippen molar-refractivity contribution in [2.75, 3.05) is 0 Å². The zero-order chi connectivity index (χ0) is 54.1. The molecular formula is C76H146. The molecular weight excluding hydrogens is 913 g/mol. The number of hydrogen-bond acceptors (Lipinski definition) is 0. The van der Waals surface area contributed by atoms with Gasteiger partial charge >= 0.3 is 0 Å². The molecule has 0 N–H and O–H groups in total. The summed E-state index contributed by atoms with van der Waals surface area (Å²) in [7, 11) is 0. The van der Waals surface area contributed by atoms with Crippen molar-refractivity contribution in [2.24, 2.45) is 0 Å². The Kier molecular flexibility index (Phi) is 64.3. The number of hydrogen-bond donors (Lipinski definition) is 0. The van der Waals surface area contributed by atoms with E-state index in [1.54, 1.807) is 11.1 Å². The van der Waals surface area contributed by atoms with Crippen LogP contribution in [-0.2, 0) is 12.8 Å². The van der Waals surface area contributed by atoms with Gasteiger partial charge in [0.2, 0.25) is 0 Å². The average molecular weight is 1060 g/mol. The highest BCUT2D eigenvalue weighted by Crippen LogP contribution is 2.22. The van der Waals surface area contributed by atoms with Crippen LogP contribution < -0.4 is 0 Å². The number of aryl methyl sites for hydroxylation is 2. The van der Waals surface area contributed by atoms with Gasteiger partial charge in [0.1, 0.15) is 0 Å². The molecule has 0 heteroatoms. The summed E-state index contributed by atoms with van der Waals surface area (Å²) in [6, 6.07) is 9.43. The fraction of sp³-hybridized carbons (Fsp3) is 0.921. The van der Waals surface area contributed by atoms with Gasteiger partial charge in [0.15, 0.2) is 0 Å². The van der Waals surface area contributed by atoms with E-state index >= 15 is 0 Å². The van der Waals surface area contributed by atoms with E-state index in [1.807, 2.05) is 0 Å². The molecule has 0 aromatic heterocycles. The molecule has 0 aliphatic carbocycles. The molecule has 1 rings (SSSR count). The second kappa shape index (κ2) is 66.7. The summed E-state index contributed by atoms with van der Waals surface area (Å²) in [5.74, 6) is 0. The maximum atomic E-state index is 2.43. The zero-order valence-corrected chi connectivity index (χ0v) is 53.4. The lowest BCUT2D eigenvalue weighted by molar-refractivity contribution is 0.511. The van der Waals surface area contributed by atoms with Gasteiger partial charge in [-0.05, 0) is 36.8 Å². The van der Waals surface area contributed by atoms with Gasteiger partial charge < -0.3 is 0 Å². The molecule has 0 radical (unpaired) electrons. The molecule has 450 valence electrons. The Morgan fingerprint density at radius 2 is 0.250 bits per heavy atom. The predicted octanol–water partition coefficient (Wildman–Crippen LogP) is 28.6. The van der Waals surface area contributed by atoms with Crippen LogP contribution in [0.1, 0.15) is 449 Å². The zero-order valence-electron chi connectivity index (χ0n) is 53.4. The highest BCUT2D eigenvalue weighted by atomic mass is 14.1. The summed E-state index contributed by atoms with van der Waals surface area (Å²) in [4.78, 5) is 0. The van der Waals surface area contributed by atoms with Gasteiger partial charge in [0.05, 0.1) is 0 Å². The smallest absolute Gasteiger partial charge is 0.0276 e. The fourth-order valence-electron chi connectivity index (χ4n) is 12.8.